The lowest BCUT2D eigenvalue weighted by molar-refractivity contribution is 0.159. The second-order valence-corrected chi connectivity index (χ2v) is 2.40. The largest absolute Gasteiger partial charge is 0.466 e. The molecule has 0 saturated carbocycles. The van der Waals surface area contributed by atoms with E-state index in [2.05, 4.69) is 4.98 Å². The number of hydrogen-bond donors (Lipinski definition) is 1. The maximum Gasteiger partial charge on any atom is 0.331 e. The third-order valence-electron chi connectivity index (χ3n) is 1.69. The van der Waals surface area contributed by atoms with Gasteiger partial charge >= 0.3 is 6.01 Å². The number of benzene rings is 1. The van der Waals surface area contributed by atoms with E-state index in [1.165, 1.54) is 7.11 Å². The predicted octanol–water partition coefficient (Wildman–Crippen LogP) is 1.28. The minimum absolute atomic E-state index is 0.205. The molecule has 0 aliphatic rings. The molecule has 4 nitrogen and oxygen atoms in total. The molecule has 0 atom stereocenters. The summed E-state index contributed by atoms with van der Waals surface area (Å²) < 4.78 is 5.76. The molecule has 0 saturated heterocycles. The summed E-state index contributed by atoms with van der Waals surface area (Å²) in [5.41, 5.74) is 1.37. The lowest BCUT2D eigenvalue weighted by atomic mass is 10.3. The lowest BCUT2D eigenvalue weighted by Gasteiger charge is -1.95. The number of nitrogens with zero attached hydrogens (tertiary/aromatic N) is 2. The molecule has 0 aliphatic carbocycles. The SMILES string of the molecule is COc1nc2ccccc2n1O. The summed E-state index contributed by atoms with van der Waals surface area (Å²) in [5.74, 6) is 0. The van der Waals surface area contributed by atoms with Crippen molar-refractivity contribution in [2.45, 2.75) is 0 Å². The minimum atomic E-state index is 0.205. The molecular weight excluding hydrogens is 156 g/mol. The number of rotatable bonds is 1. The first-order valence-corrected chi connectivity index (χ1v) is 3.53. The Bertz CT molecular complexity index is 408. The highest BCUT2D eigenvalue weighted by atomic mass is 16.6. The van der Waals surface area contributed by atoms with Gasteiger partial charge in [-0.25, -0.2) is 0 Å². The number of fused-ring (bicyclic) bond motifs is 1. The van der Waals surface area contributed by atoms with Gasteiger partial charge in [0.2, 0.25) is 0 Å². The van der Waals surface area contributed by atoms with Crippen LogP contribution in [0.4, 0.5) is 0 Å². The molecular formula is C8H8N2O2. The van der Waals surface area contributed by atoms with Crippen LogP contribution < -0.4 is 4.74 Å². The zero-order valence-corrected chi connectivity index (χ0v) is 6.56. The quantitative estimate of drug-likeness (QED) is 0.646. The van der Waals surface area contributed by atoms with Crippen LogP contribution >= 0.6 is 0 Å². The maximum absolute atomic E-state index is 9.42. The van der Waals surface area contributed by atoms with Crippen LogP contribution in [-0.2, 0) is 0 Å². The Hall–Kier alpha value is -1.71. The Balaban J connectivity index is 2.78. The highest BCUT2D eigenvalue weighted by Gasteiger charge is 2.07. The molecule has 2 rings (SSSR count). The van der Waals surface area contributed by atoms with Crippen LogP contribution in [0.3, 0.4) is 0 Å². The van der Waals surface area contributed by atoms with Crippen molar-refractivity contribution in [1.82, 2.24) is 9.71 Å². The Morgan fingerprint density at radius 3 is 2.83 bits per heavy atom. The van der Waals surface area contributed by atoms with Crippen LogP contribution in [0.1, 0.15) is 0 Å². The molecule has 1 heterocycles. The van der Waals surface area contributed by atoms with Crippen molar-refractivity contribution in [3.05, 3.63) is 24.3 Å². The van der Waals surface area contributed by atoms with Gasteiger partial charge in [0.05, 0.1) is 12.6 Å². The Labute approximate surface area is 69.0 Å². The molecule has 0 unspecified atom stereocenters. The number of hydrogen-bond acceptors (Lipinski definition) is 3. The van der Waals surface area contributed by atoms with Crippen LogP contribution in [0.2, 0.25) is 0 Å². The molecule has 1 N–H and O–H groups in total. The highest BCUT2D eigenvalue weighted by molar-refractivity contribution is 5.76. The Morgan fingerprint density at radius 1 is 1.42 bits per heavy atom. The number of methoxy groups -OCH3 is 1. The van der Waals surface area contributed by atoms with Gasteiger partial charge < -0.3 is 9.94 Å². The summed E-state index contributed by atoms with van der Waals surface area (Å²) >= 11 is 0. The van der Waals surface area contributed by atoms with Gasteiger partial charge in [0, 0.05) is 0 Å². The summed E-state index contributed by atoms with van der Waals surface area (Å²) in [6.45, 7) is 0. The average molecular weight is 164 g/mol. The van der Waals surface area contributed by atoms with E-state index in [-0.39, 0.29) is 6.01 Å². The van der Waals surface area contributed by atoms with Crippen LogP contribution in [0.5, 0.6) is 6.01 Å². The zero-order chi connectivity index (χ0) is 8.55. The fourth-order valence-electron chi connectivity index (χ4n) is 1.12. The molecule has 12 heavy (non-hydrogen) atoms. The van der Waals surface area contributed by atoms with Gasteiger partial charge in [-0.2, -0.15) is 4.98 Å². The normalized spacial score (nSPS) is 10.4. The first-order valence-electron chi connectivity index (χ1n) is 3.53. The van der Waals surface area contributed by atoms with Crippen molar-refractivity contribution in [3.63, 3.8) is 0 Å². The van der Waals surface area contributed by atoms with E-state index in [0.29, 0.717) is 5.52 Å². The zero-order valence-electron chi connectivity index (χ0n) is 6.56. The molecule has 0 amide bonds. The van der Waals surface area contributed by atoms with E-state index in [9.17, 15) is 5.21 Å². The van der Waals surface area contributed by atoms with Gasteiger partial charge in [0.25, 0.3) is 0 Å². The Kier molecular flexibility index (Phi) is 1.40. The molecule has 1 aromatic carbocycles. The number of imidazole rings is 1. The van der Waals surface area contributed by atoms with Crippen LogP contribution in [-0.4, -0.2) is 22.0 Å². The van der Waals surface area contributed by atoms with Crippen molar-refractivity contribution in [2.75, 3.05) is 7.11 Å². The molecule has 4 heteroatoms. The lowest BCUT2D eigenvalue weighted by Crippen LogP contribution is -1.94. The molecule has 0 aliphatic heterocycles. The standard InChI is InChI=1S/C8H8N2O2/c1-12-8-9-6-4-2-3-5-7(6)10(8)11/h2-5,11H,1H3. The van der Waals surface area contributed by atoms with Crippen molar-refractivity contribution in [2.24, 2.45) is 0 Å². The van der Waals surface area contributed by atoms with Gasteiger partial charge in [-0.1, -0.05) is 12.1 Å². The molecule has 0 fully saturated rings. The number of para-hydroxylation sites is 2. The molecule has 62 valence electrons. The highest BCUT2D eigenvalue weighted by Crippen LogP contribution is 2.17. The van der Waals surface area contributed by atoms with Crippen LogP contribution in [0.15, 0.2) is 24.3 Å². The van der Waals surface area contributed by atoms with Gasteiger partial charge in [0.15, 0.2) is 0 Å². The van der Waals surface area contributed by atoms with E-state index in [0.717, 1.165) is 10.2 Å². The van der Waals surface area contributed by atoms with Crippen molar-refractivity contribution < 1.29 is 9.94 Å². The van der Waals surface area contributed by atoms with Crippen molar-refractivity contribution in [1.29, 1.82) is 0 Å². The van der Waals surface area contributed by atoms with E-state index >= 15 is 0 Å². The smallest absolute Gasteiger partial charge is 0.331 e. The van der Waals surface area contributed by atoms with E-state index in [1.54, 1.807) is 6.07 Å². The average Bonchev–Trinajstić information content (AvgIpc) is 2.44. The summed E-state index contributed by atoms with van der Waals surface area (Å²) in [5, 5.41) is 9.42. The molecule has 0 spiro atoms. The fraction of sp³-hybridized carbons (Fsp3) is 0.125. The van der Waals surface area contributed by atoms with E-state index < -0.39 is 0 Å². The molecule has 0 radical (unpaired) electrons. The summed E-state index contributed by atoms with van der Waals surface area (Å²) in [6.07, 6.45) is 0. The van der Waals surface area contributed by atoms with Gasteiger partial charge in [-0.15, -0.1) is 4.73 Å². The third-order valence-corrected chi connectivity index (χ3v) is 1.69. The van der Waals surface area contributed by atoms with Gasteiger partial charge in [0.1, 0.15) is 5.52 Å². The van der Waals surface area contributed by atoms with E-state index in [1.807, 2.05) is 18.2 Å². The van der Waals surface area contributed by atoms with E-state index in [4.69, 9.17) is 4.74 Å². The molecule has 0 bridgehead atoms. The summed E-state index contributed by atoms with van der Waals surface area (Å²) in [6, 6.07) is 7.47. The topological polar surface area (TPSA) is 47.3 Å². The summed E-state index contributed by atoms with van der Waals surface area (Å²) in [4.78, 5) is 4.02. The maximum atomic E-state index is 9.42. The van der Waals surface area contributed by atoms with Crippen LogP contribution in [0.25, 0.3) is 11.0 Å². The first kappa shape index (κ1) is 6.97. The number of aromatic nitrogens is 2. The molecule has 2 aromatic rings. The Morgan fingerprint density at radius 2 is 2.17 bits per heavy atom. The van der Waals surface area contributed by atoms with Gasteiger partial charge in [-0.3, -0.25) is 0 Å². The second-order valence-electron chi connectivity index (χ2n) is 2.40. The predicted molar refractivity (Wildman–Crippen MR) is 43.5 cm³/mol. The van der Waals surface area contributed by atoms with Gasteiger partial charge in [-0.05, 0) is 12.1 Å². The van der Waals surface area contributed by atoms with Crippen LogP contribution in [0, 0.1) is 0 Å². The van der Waals surface area contributed by atoms with Crippen molar-refractivity contribution >= 4 is 11.0 Å². The minimum Gasteiger partial charge on any atom is -0.466 e. The third kappa shape index (κ3) is 0.812. The fourth-order valence-corrected chi connectivity index (χ4v) is 1.12. The first-order chi connectivity index (χ1) is 5.83. The second kappa shape index (κ2) is 2.41. The molecule has 1 aromatic heterocycles. The number of ether oxygens (including phenoxy) is 1. The monoisotopic (exact) mass is 164 g/mol. The van der Waals surface area contributed by atoms with Crippen molar-refractivity contribution in [3.8, 4) is 6.01 Å². The summed E-state index contributed by atoms with van der Waals surface area (Å²) in [7, 11) is 1.47.